The summed E-state index contributed by atoms with van der Waals surface area (Å²) in [6.45, 7) is 2.10. The van der Waals surface area contributed by atoms with E-state index < -0.39 is 0 Å². The summed E-state index contributed by atoms with van der Waals surface area (Å²) in [5, 5.41) is 0.625. The number of nitrogens with zero attached hydrogens (tertiary/aromatic N) is 2. The highest BCUT2D eigenvalue weighted by atomic mass is 32.2. The van der Waals surface area contributed by atoms with Crippen LogP contribution in [0, 0.1) is 5.82 Å². The number of halogens is 1. The van der Waals surface area contributed by atoms with Gasteiger partial charge in [0.25, 0.3) is 0 Å². The van der Waals surface area contributed by atoms with Crippen LogP contribution in [0.4, 0.5) is 4.39 Å². The second-order valence-corrected chi connectivity index (χ2v) is 6.50. The summed E-state index contributed by atoms with van der Waals surface area (Å²) >= 11 is 1.28. The minimum Gasteiger partial charge on any atom is -0.497 e. The highest BCUT2D eigenvalue weighted by Crippen LogP contribution is 2.31. The summed E-state index contributed by atoms with van der Waals surface area (Å²) in [4.78, 5) is 16.2. The van der Waals surface area contributed by atoms with Gasteiger partial charge in [-0.2, -0.15) is 0 Å². The molecule has 140 valence electrons. The highest BCUT2D eigenvalue weighted by Gasteiger charge is 2.16. The van der Waals surface area contributed by atoms with E-state index >= 15 is 0 Å². The third kappa shape index (κ3) is 4.49. The van der Waals surface area contributed by atoms with Gasteiger partial charge in [-0.3, -0.25) is 9.36 Å². The molecule has 3 rings (SSSR count). The van der Waals surface area contributed by atoms with Crippen LogP contribution in [0.15, 0.2) is 59.9 Å². The van der Waals surface area contributed by atoms with Crippen molar-refractivity contribution in [1.82, 2.24) is 9.55 Å². The average molecular weight is 386 g/mol. The van der Waals surface area contributed by atoms with Crippen molar-refractivity contribution in [1.29, 1.82) is 0 Å². The lowest BCUT2D eigenvalue weighted by molar-refractivity contribution is -0.139. The molecule has 0 atom stereocenters. The molecular formula is C20H19FN2O3S. The fourth-order valence-electron chi connectivity index (χ4n) is 2.57. The van der Waals surface area contributed by atoms with Gasteiger partial charge in [-0.15, -0.1) is 0 Å². The Kier molecular flexibility index (Phi) is 6.13. The number of methoxy groups -OCH3 is 1. The summed E-state index contributed by atoms with van der Waals surface area (Å²) in [7, 11) is 1.61. The Labute approximate surface area is 161 Å². The normalized spacial score (nSPS) is 10.6. The van der Waals surface area contributed by atoms with Crippen molar-refractivity contribution in [2.45, 2.75) is 12.1 Å². The van der Waals surface area contributed by atoms with E-state index in [0.29, 0.717) is 11.8 Å². The molecule has 0 bridgehead atoms. The summed E-state index contributed by atoms with van der Waals surface area (Å²) in [5.41, 5.74) is 2.51. The summed E-state index contributed by atoms with van der Waals surface area (Å²) < 4.78 is 25.5. The number of hydrogen-bond acceptors (Lipinski definition) is 5. The lowest BCUT2D eigenvalue weighted by atomic mass is 10.1. The van der Waals surface area contributed by atoms with Gasteiger partial charge in [0.15, 0.2) is 5.16 Å². The molecule has 0 aliphatic rings. The molecule has 0 aliphatic carbocycles. The van der Waals surface area contributed by atoms with Gasteiger partial charge in [0.2, 0.25) is 0 Å². The van der Waals surface area contributed by atoms with Gasteiger partial charge in [-0.1, -0.05) is 11.8 Å². The Hall–Kier alpha value is -2.80. The standard InChI is InChI=1S/C20H19FN2O3S/c1-3-26-19(24)13-27-20-22-12-18(14-4-10-17(25-2)11-5-14)23(20)16-8-6-15(21)7-9-16/h4-12H,3,13H2,1-2H3. The number of ether oxygens (including phenoxy) is 2. The largest absolute Gasteiger partial charge is 0.497 e. The van der Waals surface area contributed by atoms with Crippen molar-refractivity contribution in [3.63, 3.8) is 0 Å². The molecule has 0 spiro atoms. The summed E-state index contributed by atoms with van der Waals surface area (Å²) in [5.74, 6) is 0.282. The first-order valence-corrected chi connectivity index (χ1v) is 9.37. The molecule has 1 heterocycles. The monoisotopic (exact) mass is 386 g/mol. The van der Waals surface area contributed by atoms with Crippen LogP contribution in [0.3, 0.4) is 0 Å². The minimum atomic E-state index is -0.314. The molecule has 0 radical (unpaired) electrons. The molecule has 0 N–H and O–H groups in total. The Morgan fingerprint density at radius 2 is 1.85 bits per heavy atom. The fourth-order valence-corrected chi connectivity index (χ4v) is 3.36. The molecule has 27 heavy (non-hydrogen) atoms. The number of esters is 1. The molecule has 0 fully saturated rings. The number of thioether (sulfide) groups is 1. The summed E-state index contributed by atoms with van der Waals surface area (Å²) in [6.07, 6.45) is 1.73. The molecular weight excluding hydrogens is 367 g/mol. The van der Waals surface area contributed by atoms with Gasteiger partial charge >= 0.3 is 5.97 Å². The van der Waals surface area contributed by atoms with Crippen LogP contribution >= 0.6 is 11.8 Å². The zero-order valence-corrected chi connectivity index (χ0v) is 15.8. The van der Waals surface area contributed by atoms with Crippen LogP contribution in [0.5, 0.6) is 5.75 Å². The zero-order chi connectivity index (χ0) is 19.2. The van der Waals surface area contributed by atoms with E-state index in [1.54, 1.807) is 32.4 Å². The maximum atomic E-state index is 13.4. The van der Waals surface area contributed by atoms with Crippen LogP contribution in [-0.2, 0) is 9.53 Å². The van der Waals surface area contributed by atoms with Gasteiger partial charge in [0.05, 0.1) is 31.4 Å². The predicted molar refractivity (Wildman–Crippen MR) is 103 cm³/mol. The van der Waals surface area contributed by atoms with Crippen LogP contribution in [-0.4, -0.2) is 35.0 Å². The number of benzene rings is 2. The highest BCUT2D eigenvalue weighted by molar-refractivity contribution is 7.99. The number of hydrogen-bond donors (Lipinski definition) is 0. The SMILES string of the molecule is CCOC(=O)CSc1ncc(-c2ccc(OC)cc2)n1-c1ccc(F)cc1. The van der Waals surface area contributed by atoms with Crippen LogP contribution in [0.25, 0.3) is 16.9 Å². The van der Waals surface area contributed by atoms with Crippen molar-refractivity contribution in [3.05, 3.63) is 60.5 Å². The van der Waals surface area contributed by atoms with E-state index in [-0.39, 0.29) is 17.5 Å². The van der Waals surface area contributed by atoms with E-state index in [2.05, 4.69) is 4.98 Å². The number of imidazole rings is 1. The maximum absolute atomic E-state index is 13.4. The molecule has 2 aromatic carbocycles. The van der Waals surface area contributed by atoms with E-state index in [0.717, 1.165) is 22.7 Å². The smallest absolute Gasteiger partial charge is 0.316 e. The van der Waals surface area contributed by atoms with E-state index in [1.807, 2.05) is 28.8 Å². The second kappa shape index (κ2) is 8.73. The van der Waals surface area contributed by atoms with Crippen molar-refractivity contribution in [2.75, 3.05) is 19.5 Å². The average Bonchev–Trinajstić information content (AvgIpc) is 3.11. The van der Waals surface area contributed by atoms with Crippen LogP contribution < -0.4 is 4.74 Å². The quantitative estimate of drug-likeness (QED) is 0.447. The number of rotatable bonds is 7. The number of carbonyl (C=O) groups is 1. The molecule has 0 saturated heterocycles. The molecule has 0 amide bonds. The molecule has 0 unspecified atom stereocenters. The molecule has 1 aromatic heterocycles. The third-order valence-corrected chi connectivity index (χ3v) is 4.75. The Morgan fingerprint density at radius 1 is 1.15 bits per heavy atom. The van der Waals surface area contributed by atoms with Crippen LogP contribution in [0.1, 0.15) is 6.92 Å². The van der Waals surface area contributed by atoms with E-state index in [1.165, 1.54) is 23.9 Å². The minimum absolute atomic E-state index is 0.147. The van der Waals surface area contributed by atoms with Gasteiger partial charge in [0.1, 0.15) is 11.6 Å². The maximum Gasteiger partial charge on any atom is 0.316 e. The lowest BCUT2D eigenvalue weighted by Gasteiger charge is -2.12. The van der Waals surface area contributed by atoms with Crippen molar-refractivity contribution < 1.29 is 18.7 Å². The topological polar surface area (TPSA) is 53.4 Å². The first-order valence-electron chi connectivity index (χ1n) is 8.39. The third-order valence-electron chi connectivity index (χ3n) is 3.82. The summed E-state index contributed by atoms with van der Waals surface area (Å²) in [6, 6.07) is 13.7. The Morgan fingerprint density at radius 3 is 2.48 bits per heavy atom. The van der Waals surface area contributed by atoms with Crippen molar-refractivity contribution in [3.8, 4) is 22.7 Å². The fraction of sp³-hybridized carbons (Fsp3) is 0.200. The number of carbonyl (C=O) groups excluding carboxylic acids is 1. The Balaban J connectivity index is 1.99. The molecule has 7 heteroatoms. The van der Waals surface area contributed by atoms with Gasteiger partial charge < -0.3 is 9.47 Å². The van der Waals surface area contributed by atoms with Gasteiger partial charge in [-0.05, 0) is 55.5 Å². The molecule has 0 aliphatic heterocycles. The van der Waals surface area contributed by atoms with Crippen molar-refractivity contribution >= 4 is 17.7 Å². The predicted octanol–water partition coefficient (Wildman–Crippen LogP) is 4.34. The molecule has 5 nitrogen and oxygen atoms in total. The number of aromatic nitrogens is 2. The zero-order valence-electron chi connectivity index (χ0n) is 15.0. The van der Waals surface area contributed by atoms with Gasteiger partial charge in [-0.25, -0.2) is 9.37 Å². The Bertz CT molecular complexity index is 908. The van der Waals surface area contributed by atoms with E-state index in [9.17, 15) is 9.18 Å². The first-order chi connectivity index (χ1) is 13.1. The second-order valence-electron chi connectivity index (χ2n) is 5.56. The molecule has 3 aromatic rings. The first kappa shape index (κ1) is 19.0. The lowest BCUT2D eigenvalue weighted by Crippen LogP contribution is -2.08. The van der Waals surface area contributed by atoms with Crippen molar-refractivity contribution in [2.24, 2.45) is 0 Å². The van der Waals surface area contributed by atoms with Crippen LogP contribution in [0.2, 0.25) is 0 Å². The van der Waals surface area contributed by atoms with Gasteiger partial charge in [0, 0.05) is 11.3 Å². The molecule has 0 saturated carbocycles. The van der Waals surface area contributed by atoms with E-state index in [4.69, 9.17) is 9.47 Å².